The van der Waals surface area contributed by atoms with Crippen molar-refractivity contribution in [3.05, 3.63) is 27.9 Å². The number of nitrogens with one attached hydrogen (secondary N) is 1. The molecule has 0 saturated carbocycles. The molecular weight excluding hydrogens is 250 g/mol. The Labute approximate surface area is 109 Å². The van der Waals surface area contributed by atoms with Crippen LogP contribution in [-0.2, 0) is 4.79 Å². The van der Waals surface area contributed by atoms with Crippen LogP contribution in [0, 0.1) is 21.4 Å². The fourth-order valence-electron chi connectivity index (χ4n) is 1.30. The van der Waals surface area contributed by atoms with E-state index in [9.17, 15) is 14.9 Å². The maximum absolute atomic E-state index is 11.3. The van der Waals surface area contributed by atoms with Crippen LogP contribution in [0.1, 0.15) is 12.1 Å². The fraction of sp³-hybridized carbons (Fsp3) is 0.364. The van der Waals surface area contributed by atoms with E-state index in [0.717, 1.165) is 0 Å². The van der Waals surface area contributed by atoms with Gasteiger partial charge < -0.3 is 10.2 Å². The van der Waals surface area contributed by atoms with E-state index >= 15 is 0 Å². The first-order valence-corrected chi connectivity index (χ1v) is 5.45. The lowest BCUT2D eigenvalue weighted by atomic mass is 10.3. The number of aromatic nitrogens is 1. The zero-order chi connectivity index (χ0) is 14.4. The summed E-state index contributed by atoms with van der Waals surface area (Å²) in [5.74, 6) is 0.281. The highest BCUT2D eigenvalue weighted by atomic mass is 16.6. The summed E-state index contributed by atoms with van der Waals surface area (Å²) in [5.41, 5.74) is -0.591. The topological polar surface area (TPSA) is 112 Å². The van der Waals surface area contributed by atoms with Crippen LogP contribution in [-0.4, -0.2) is 41.4 Å². The van der Waals surface area contributed by atoms with Crippen molar-refractivity contribution in [2.24, 2.45) is 0 Å². The predicted molar refractivity (Wildman–Crippen MR) is 67.4 cm³/mol. The molecule has 1 aromatic heterocycles. The van der Waals surface area contributed by atoms with Crippen LogP contribution in [0.15, 0.2) is 12.1 Å². The van der Waals surface area contributed by atoms with E-state index in [-0.39, 0.29) is 23.7 Å². The molecule has 8 heteroatoms. The summed E-state index contributed by atoms with van der Waals surface area (Å²) < 4.78 is 0. The molecule has 1 heterocycles. The van der Waals surface area contributed by atoms with Crippen molar-refractivity contribution in [3.63, 3.8) is 0 Å². The number of hydrogen-bond acceptors (Lipinski definition) is 6. The van der Waals surface area contributed by atoms with E-state index < -0.39 is 4.92 Å². The maximum atomic E-state index is 11.3. The molecule has 0 spiro atoms. The third-order valence-electron chi connectivity index (χ3n) is 2.32. The summed E-state index contributed by atoms with van der Waals surface area (Å²) in [6.07, 6.45) is 0.271. The van der Waals surface area contributed by atoms with Gasteiger partial charge in [-0.25, -0.2) is 4.98 Å². The number of anilines is 1. The number of amides is 1. The van der Waals surface area contributed by atoms with Gasteiger partial charge in [0.05, 0.1) is 4.92 Å². The van der Waals surface area contributed by atoms with E-state index in [1.54, 1.807) is 20.2 Å². The van der Waals surface area contributed by atoms with Crippen molar-refractivity contribution in [2.75, 3.05) is 26.0 Å². The molecule has 0 aliphatic carbocycles. The second kappa shape index (κ2) is 6.30. The van der Waals surface area contributed by atoms with Crippen LogP contribution in [0.4, 0.5) is 11.5 Å². The molecule has 0 unspecified atom stereocenters. The number of pyridine rings is 1. The monoisotopic (exact) mass is 263 g/mol. The van der Waals surface area contributed by atoms with Crippen LogP contribution in [0.25, 0.3) is 0 Å². The van der Waals surface area contributed by atoms with Gasteiger partial charge in [0, 0.05) is 33.1 Å². The summed E-state index contributed by atoms with van der Waals surface area (Å²) in [7, 11) is 3.31. The highest BCUT2D eigenvalue weighted by Gasteiger charge is 2.15. The number of hydrogen-bond donors (Lipinski definition) is 1. The summed E-state index contributed by atoms with van der Waals surface area (Å²) in [4.78, 5) is 26.6. The number of rotatable bonds is 5. The molecular formula is C11H13N5O3. The van der Waals surface area contributed by atoms with Gasteiger partial charge in [-0.1, -0.05) is 0 Å². The minimum absolute atomic E-state index is 0.0464. The van der Waals surface area contributed by atoms with E-state index in [0.29, 0.717) is 12.4 Å². The van der Waals surface area contributed by atoms with E-state index in [2.05, 4.69) is 10.3 Å². The molecule has 0 atom stereocenters. The van der Waals surface area contributed by atoms with Crippen molar-refractivity contribution in [1.82, 2.24) is 9.88 Å². The van der Waals surface area contributed by atoms with Gasteiger partial charge >= 0.3 is 5.69 Å². The number of nitrogens with zero attached hydrogens (tertiary/aromatic N) is 4. The lowest BCUT2D eigenvalue weighted by Gasteiger charge is -2.10. The van der Waals surface area contributed by atoms with Crippen LogP contribution >= 0.6 is 0 Å². The highest BCUT2D eigenvalue weighted by Crippen LogP contribution is 2.17. The minimum atomic E-state index is -0.662. The Hall–Kier alpha value is -2.69. The van der Waals surface area contributed by atoms with Crippen LogP contribution in [0.5, 0.6) is 0 Å². The SMILES string of the molecule is CN(C)C(=O)CCNc1ccc([N+](=O)[O-])c(C#N)n1. The molecule has 19 heavy (non-hydrogen) atoms. The first-order valence-electron chi connectivity index (χ1n) is 5.45. The Morgan fingerprint density at radius 3 is 2.79 bits per heavy atom. The summed E-state index contributed by atoms with van der Waals surface area (Å²) in [6.45, 7) is 0.340. The van der Waals surface area contributed by atoms with Gasteiger partial charge in [0.2, 0.25) is 11.6 Å². The number of nitro groups is 1. The van der Waals surface area contributed by atoms with Gasteiger partial charge in [0.25, 0.3) is 0 Å². The Bertz CT molecular complexity index is 536. The molecule has 0 fully saturated rings. The van der Waals surface area contributed by atoms with Crippen LogP contribution in [0.3, 0.4) is 0 Å². The van der Waals surface area contributed by atoms with Gasteiger partial charge in [-0.15, -0.1) is 0 Å². The molecule has 1 N–H and O–H groups in total. The lowest BCUT2D eigenvalue weighted by molar-refractivity contribution is -0.385. The molecule has 0 aliphatic heterocycles. The van der Waals surface area contributed by atoms with Gasteiger partial charge in [0.1, 0.15) is 11.9 Å². The Morgan fingerprint density at radius 2 is 2.26 bits per heavy atom. The Kier molecular flexibility index (Phi) is 4.76. The highest BCUT2D eigenvalue weighted by molar-refractivity contribution is 5.76. The first kappa shape index (κ1) is 14.4. The quantitative estimate of drug-likeness (QED) is 0.619. The molecule has 0 bridgehead atoms. The van der Waals surface area contributed by atoms with E-state index in [1.807, 2.05) is 0 Å². The molecule has 1 rings (SSSR count). The second-order valence-corrected chi connectivity index (χ2v) is 3.90. The van der Waals surface area contributed by atoms with Gasteiger partial charge in [-0.2, -0.15) is 5.26 Å². The van der Waals surface area contributed by atoms with Gasteiger partial charge in [0.15, 0.2) is 0 Å². The minimum Gasteiger partial charge on any atom is -0.370 e. The van der Waals surface area contributed by atoms with E-state index in [1.165, 1.54) is 17.0 Å². The number of carbonyl (C=O) groups is 1. The molecule has 0 radical (unpaired) electrons. The zero-order valence-corrected chi connectivity index (χ0v) is 10.6. The molecule has 0 saturated heterocycles. The smallest absolute Gasteiger partial charge is 0.305 e. The largest absolute Gasteiger partial charge is 0.370 e. The standard InChI is InChI=1S/C11H13N5O3/c1-15(2)11(17)5-6-13-10-4-3-9(16(18)19)8(7-12)14-10/h3-4H,5-6H2,1-2H3,(H,13,14). The van der Waals surface area contributed by atoms with Crippen LogP contribution < -0.4 is 5.32 Å². The van der Waals surface area contributed by atoms with Crippen LogP contribution in [0.2, 0.25) is 0 Å². The fourth-order valence-corrected chi connectivity index (χ4v) is 1.30. The third-order valence-corrected chi connectivity index (χ3v) is 2.32. The second-order valence-electron chi connectivity index (χ2n) is 3.90. The maximum Gasteiger partial charge on any atom is 0.305 e. The van der Waals surface area contributed by atoms with Crippen molar-refractivity contribution in [3.8, 4) is 6.07 Å². The number of nitriles is 1. The Morgan fingerprint density at radius 1 is 1.58 bits per heavy atom. The third kappa shape index (κ3) is 3.92. The summed E-state index contributed by atoms with van der Waals surface area (Å²) in [6, 6.07) is 4.28. The summed E-state index contributed by atoms with van der Waals surface area (Å²) in [5, 5.41) is 22.2. The average Bonchev–Trinajstić information content (AvgIpc) is 2.37. The lowest BCUT2D eigenvalue weighted by Crippen LogP contribution is -2.24. The molecule has 1 aromatic rings. The average molecular weight is 263 g/mol. The van der Waals surface area contributed by atoms with Crippen molar-refractivity contribution < 1.29 is 9.72 Å². The van der Waals surface area contributed by atoms with Gasteiger partial charge in [-0.05, 0) is 6.07 Å². The van der Waals surface area contributed by atoms with Gasteiger partial charge in [-0.3, -0.25) is 14.9 Å². The van der Waals surface area contributed by atoms with E-state index in [4.69, 9.17) is 5.26 Å². The molecule has 1 amide bonds. The molecule has 8 nitrogen and oxygen atoms in total. The molecule has 100 valence electrons. The van der Waals surface area contributed by atoms with Crippen molar-refractivity contribution in [1.29, 1.82) is 5.26 Å². The summed E-state index contributed by atoms with van der Waals surface area (Å²) >= 11 is 0. The van der Waals surface area contributed by atoms with Crippen molar-refractivity contribution in [2.45, 2.75) is 6.42 Å². The normalized spacial score (nSPS) is 9.53. The molecule has 0 aliphatic rings. The Balaban J connectivity index is 2.69. The predicted octanol–water partition coefficient (Wildman–Crippen LogP) is 0.752. The number of carbonyl (C=O) groups excluding carboxylic acids is 1. The zero-order valence-electron chi connectivity index (χ0n) is 10.6. The first-order chi connectivity index (χ1) is 8.95. The molecule has 0 aromatic carbocycles. The van der Waals surface area contributed by atoms with Crippen molar-refractivity contribution >= 4 is 17.4 Å².